The van der Waals surface area contributed by atoms with Crippen molar-refractivity contribution in [1.29, 1.82) is 0 Å². The molecule has 1 saturated heterocycles. The number of hydrogen-bond donors (Lipinski definition) is 0. The molecule has 128 valence electrons. The number of amides is 1. The van der Waals surface area contributed by atoms with Crippen LogP contribution in [0.4, 0.5) is 0 Å². The maximum Gasteiger partial charge on any atom is 0.254 e. The molecule has 0 N–H and O–H groups in total. The second-order valence-corrected chi connectivity index (χ2v) is 7.48. The van der Waals surface area contributed by atoms with Crippen LogP contribution < -0.4 is 0 Å². The van der Waals surface area contributed by atoms with Gasteiger partial charge in [-0.3, -0.25) is 4.79 Å². The lowest BCUT2D eigenvalue weighted by molar-refractivity contribution is 0.0585. The summed E-state index contributed by atoms with van der Waals surface area (Å²) in [6.07, 6.45) is 3.09. The monoisotopic (exact) mass is 326 g/mol. The van der Waals surface area contributed by atoms with Crippen LogP contribution >= 0.6 is 0 Å². The number of aromatic nitrogens is 3. The van der Waals surface area contributed by atoms with Crippen LogP contribution in [0.1, 0.15) is 68.1 Å². The fourth-order valence-corrected chi connectivity index (χ4v) is 3.33. The molecule has 1 aromatic carbocycles. The van der Waals surface area contributed by atoms with Gasteiger partial charge in [0.1, 0.15) is 5.82 Å². The third kappa shape index (κ3) is 3.21. The van der Waals surface area contributed by atoms with Crippen LogP contribution in [0, 0.1) is 6.92 Å². The summed E-state index contributed by atoms with van der Waals surface area (Å²) in [5.74, 6) is 1.75. The van der Waals surface area contributed by atoms with Gasteiger partial charge in [-0.15, -0.1) is 0 Å². The fourth-order valence-electron chi connectivity index (χ4n) is 3.33. The van der Waals surface area contributed by atoms with Gasteiger partial charge in [0, 0.05) is 12.1 Å². The Balaban J connectivity index is 1.98. The summed E-state index contributed by atoms with van der Waals surface area (Å²) in [4.78, 5) is 19.7. The lowest BCUT2D eigenvalue weighted by Gasteiger charge is -2.36. The van der Waals surface area contributed by atoms with Gasteiger partial charge in [-0.25, -0.2) is 9.67 Å². The van der Waals surface area contributed by atoms with E-state index in [9.17, 15) is 4.79 Å². The minimum Gasteiger partial charge on any atom is -0.328 e. The number of hydrogen-bond acceptors (Lipinski definition) is 3. The summed E-state index contributed by atoms with van der Waals surface area (Å²) in [6, 6.07) is 9.51. The van der Waals surface area contributed by atoms with E-state index >= 15 is 0 Å². The first-order valence-electron chi connectivity index (χ1n) is 8.68. The Kier molecular flexibility index (Phi) is 4.43. The van der Waals surface area contributed by atoms with Gasteiger partial charge >= 0.3 is 0 Å². The number of carbonyl (C=O) groups excluding carboxylic acids is 1. The summed E-state index contributed by atoms with van der Waals surface area (Å²) in [5.41, 5.74) is 0.582. The Morgan fingerprint density at radius 2 is 1.88 bits per heavy atom. The summed E-state index contributed by atoms with van der Waals surface area (Å²) in [6.45, 7) is 9.05. The van der Waals surface area contributed by atoms with E-state index in [2.05, 4.69) is 30.9 Å². The molecule has 24 heavy (non-hydrogen) atoms. The molecule has 2 heterocycles. The van der Waals surface area contributed by atoms with Gasteiger partial charge in [0.15, 0.2) is 5.82 Å². The summed E-state index contributed by atoms with van der Waals surface area (Å²) in [5, 5.41) is 4.59. The molecule has 0 bridgehead atoms. The number of nitrogens with zero attached hydrogens (tertiary/aromatic N) is 4. The van der Waals surface area contributed by atoms with E-state index in [0.29, 0.717) is 0 Å². The van der Waals surface area contributed by atoms with E-state index in [4.69, 9.17) is 0 Å². The quantitative estimate of drug-likeness (QED) is 0.845. The van der Waals surface area contributed by atoms with Gasteiger partial charge in [-0.05, 0) is 59.1 Å². The Morgan fingerprint density at radius 3 is 2.54 bits per heavy atom. The van der Waals surface area contributed by atoms with Crippen molar-refractivity contribution in [3.05, 3.63) is 47.5 Å². The van der Waals surface area contributed by atoms with E-state index in [1.165, 1.54) is 0 Å². The standard InChI is InChI=1S/C19H26N4O/c1-14-20-17(23(21-14)19(2,3)4)16-12-8-9-13-22(16)18(24)15-10-6-5-7-11-15/h5-7,10-11,16H,8-9,12-13H2,1-4H3/t16-/m0/s1. The van der Waals surface area contributed by atoms with Crippen molar-refractivity contribution in [2.75, 3.05) is 6.54 Å². The number of carbonyl (C=O) groups is 1. The minimum absolute atomic E-state index is 0.00752. The molecule has 0 unspecified atom stereocenters. The second kappa shape index (κ2) is 6.38. The summed E-state index contributed by atoms with van der Waals surface area (Å²) in [7, 11) is 0. The lowest BCUT2D eigenvalue weighted by Crippen LogP contribution is -2.41. The highest BCUT2D eigenvalue weighted by atomic mass is 16.2. The number of aryl methyl sites for hydroxylation is 1. The largest absolute Gasteiger partial charge is 0.328 e. The van der Waals surface area contributed by atoms with Gasteiger partial charge in [0.2, 0.25) is 0 Å². The van der Waals surface area contributed by atoms with Crippen LogP contribution in [-0.4, -0.2) is 32.1 Å². The molecule has 2 aromatic rings. The molecule has 0 aliphatic carbocycles. The van der Waals surface area contributed by atoms with Gasteiger partial charge in [-0.2, -0.15) is 5.10 Å². The molecule has 1 aliphatic rings. The molecule has 5 nitrogen and oxygen atoms in total. The van der Waals surface area contributed by atoms with Crippen LogP contribution in [0.15, 0.2) is 30.3 Å². The van der Waals surface area contributed by atoms with Gasteiger partial charge in [0.25, 0.3) is 5.91 Å². The lowest BCUT2D eigenvalue weighted by atomic mass is 9.99. The van der Waals surface area contributed by atoms with Gasteiger partial charge in [0.05, 0.1) is 11.6 Å². The van der Waals surface area contributed by atoms with Crippen LogP contribution in [0.3, 0.4) is 0 Å². The van der Waals surface area contributed by atoms with E-state index in [-0.39, 0.29) is 17.5 Å². The molecule has 1 aromatic heterocycles. The van der Waals surface area contributed by atoms with Crippen molar-refractivity contribution in [2.24, 2.45) is 0 Å². The number of likely N-dealkylation sites (tertiary alicyclic amines) is 1. The van der Waals surface area contributed by atoms with Crippen molar-refractivity contribution in [3.63, 3.8) is 0 Å². The van der Waals surface area contributed by atoms with Gasteiger partial charge < -0.3 is 4.90 Å². The molecule has 1 amide bonds. The molecule has 1 fully saturated rings. The second-order valence-electron chi connectivity index (χ2n) is 7.48. The molecule has 1 aliphatic heterocycles. The number of rotatable bonds is 2. The average Bonchev–Trinajstić information content (AvgIpc) is 2.97. The van der Waals surface area contributed by atoms with E-state index in [1.807, 2.05) is 46.8 Å². The molecule has 1 atom stereocenters. The Hall–Kier alpha value is -2.17. The van der Waals surface area contributed by atoms with E-state index in [0.717, 1.165) is 43.0 Å². The smallest absolute Gasteiger partial charge is 0.254 e. The Morgan fingerprint density at radius 1 is 1.17 bits per heavy atom. The maximum absolute atomic E-state index is 13.0. The molecule has 0 saturated carbocycles. The number of piperidine rings is 1. The third-order valence-corrected chi connectivity index (χ3v) is 4.46. The zero-order chi connectivity index (χ0) is 17.3. The topological polar surface area (TPSA) is 51.0 Å². The van der Waals surface area contributed by atoms with Crippen LogP contribution in [-0.2, 0) is 5.54 Å². The Bertz CT molecular complexity index is 715. The molecule has 0 radical (unpaired) electrons. The van der Waals surface area contributed by atoms with Crippen molar-refractivity contribution in [1.82, 2.24) is 19.7 Å². The highest BCUT2D eigenvalue weighted by Crippen LogP contribution is 2.33. The summed E-state index contributed by atoms with van der Waals surface area (Å²) < 4.78 is 1.99. The molecule has 5 heteroatoms. The predicted molar refractivity (Wildman–Crippen MR) is 93.8 cm³/mol. The molecule has 0 spiro atoms. The summed E-state index contributed by atoms with van der Waals surface area (Å²) >= 11 is 0. The average molecular weight is 326 g/mol. The first kappa shape index (κ1) is 16.7. The van der Waals surface area contributed by atoms with Crippen LogP contribution in [0.5, 0.6) is 0 Å². The van der Waals surface area contributed by atoms with Crippen molar-refractivity contribution >= 4 is 5.91 Å². The van der Waals surface area contributed by atoms with Crippen molar-refractivity contribution in [2.45, 2.75) is 58.5 Å². The van der Waals surface area contributed by atoms with E-state index in [1.54, 1.807) is 0 Å². The normalized spacial score (nSPS) is 18.7. The van der Waals surface area contributed by atoms with Crippen LogP contribution in [0.2, 0.25) is 0 Å². The number of benzene rings is 1. The van der Waals surface area contributed by atoms with Crippen molar-refractivity contribution < 1.29 is 4.79 Å². The predicted octanol–water partition coefficient (Wildman–Crippen LogP) is 3.71. The first-order chi connectivity index (χ1) is 11.4. The molecular weight excluding hydrogens is 300 g/mol. The fraction of sp³-hybridized carbons (Fsp3) is 0.526. The molecule has 3 rings (SSSR count). The third-order valence-electron chi connectivity index (χ3n) is 4.46. The van der Waals surface area contributed by atoms with Crippen LogP contribution in [0.25, 0.3) is 0 Å². The highest BCUT2D eigenvalue weighted by Gasteiger charge is 2.34. The van der Waals surface area contributed by atoms with E-state index < -0.39 is 0 Å². The van der Waals surface area contributed by atoms with Gasteiger partial charge in [-0.1, -0.05) is 18.2 Å². The zero-order valence-electron chi connectivity index (χ0n) is 15.0. The minimum atomic E-state index is -0.157. The molecular formula is C19H26N4O. The maximum atomic E-state index is 13.0. The first-order valence-corrected chi connectivity index (χ1v) is 8.68. The SMILES string of the molecule is Cc1nc([C@@H]2CCCCN2C(=O)c2ccccc2)n(C(C)(C)C)n1. The Labute approximate surface area is 143 Å². The zero-order valence-corrected chi connectivity index (χ0v) is 15.0. The van der Waals surface area contributed by atoms with Crippen molar-refractivity contribution in [3.8, 4) is 0 Å². The highest BCUT2D eigenvalue weighted by molar-refractivity contribution is 5.94.